The van der Waals surface area contributed by atoms with Crippen LogP contribution in [-0.4, -0.2) is 118 Å². The normalized spacial score (nSPS) is 16.0. The Bertz CT molecular complexity index is 2490. The van der Waals surface area contributed by atoms with Gasteiger partial charge in [0.2, 0.25) is 17.7 Å². The molecule has 1 aliphatic heterocycles. The molecular formula is C48H54F3N7O9S. The number of hydrogen-bond donors (Lipinski definition) is 5. The van der Waals surface area contributed by atoms with E-state index in [1.807, 2.05) is 31.2 Å². The fourth-order valence-electron chi connectivity index (χ4n) is 7.51. The van der Waals surface area contributed by atoms with E-state index >= 15 is 0 Å². The summed E-state index contributed by atoms with van der Waals surface area (Å²) in [7, 11) is 0. The standard InChI is InChI=1S/C48H54F3N7O9S/c1-29-41(68-28-55-29)32-11-9-30(10-12-32)22-54-44(61)38-21-35(59)25-58(38)46(63)42(47(2,3)4)56-39(60)26-66-19-17-65-18-20-67-27-48(50,51)34-23-52-43(53-24-34)33-15-13-31(14-16-33)40(45(62)57-64)36-7-5-6-8-37(36)49/h5-16,23-24,28,35,38,40,42,59,64H,17-22,25-27H2,1-4H3,(H,54,61)(H,56,60)(H,57,62). The molecule has 0 bridgehead atoms. The zero-order valence-corrected chi connectivity index (χ0v) is 38.7. The number of aromatic nitrogens is 3. The third-order valence-electron chi connectivity index (χ3n) is 11.1. The fourth-order valence-corrected chi connectivity index (χ4v) is 8.32. The number of halogens is 3. The fraction of sp³-hybridized carbons (Fsp3) is 0.396. The Morgan fingerprint density at radius 2 is 1.53 bits per heavy atom. The van der Waals surface area contributed by atoms with Crippen LogP contribution in [0.3, 0.4) is 0 Å². The van der Waals surface area contributed by atoms with Gasteiger partial charge in [-0.3, -0.25) is 24.4 Å². The van der Waals surface area contributed by atoms with Crippen LogP contribution in [0.2, 0.25) is 0 Å². The highest BCUT2D eigenvalue weighted by Crippen LogP contribution is 2.32. The van der Waals surface area contributed by atoms with Crippen LogP contribution in [0.4, 0.5) is 13.2 Å². The SMILES string of the molecule is Cc1ncsc1-c1ccc(CNC(=O)C2CC(O)CN2C(=O)C(NC(=O)COCCOCCOCC(F)(F)c2cnc(-c3ccc(C(C(=O)NO)c4ccccc4F)cc3)nc2)C(C)(C)C)cc1. The van der Waals surface area contributed by atoms with E-state index in [9.17, 15) is 42.7 Å². The highest BCUT2D eigenvalue weighted by Gasteiger charge is 2.44. The van der Waals surface area contributed by atoms with Gasteiger partial charge in [0.25, 0.3) is 11.8 Å². The minimum absolute atomic E-state index is 0.0156. The van der Waals surface area contributed by atoms with Gasteiger partial charge in [0, 0.05) is 43.0 Å². The minimum Gasteiger partial charge on any atom is -0.391 e. The summed E-state index contributed by atoms with van der Waals surface area (Å²) in [6.07, 6.45) is 1.08. The molecule has 0 aliphatic carbocycles. The Balaban J connectivity index is 0.889. The number of alkyl halides is 2. The van der Waals surface area contributed by atoms with Crippen LogP contribution in [0.5, 0.6) is 0 Å². The van der Waals surface area contributed by atoms with Gasteiger partial charge < -0.3 is 34.9 Å². The van der Waals surface area contributed by atoms with Gasteiger partial charge in [0.1, 0.15) is 31.1 Å². The van der Waals surface area contributed by atoms with Crippen molar-refractivity contribution in [1.29, 1.82) is 0 Å². The maximum atomic E-state index is 15.0. The Hall–Kier alpha value is -6.16. The molecule has 4 amide bonds. The minimum atomic E-state index is -3.44. The smallest absolute Gasteiger partial charge is 0.299 e. The molecule has 0 spiro atoms. The molecule has 5 N–H and O–H groups in total. The first-order valence-electron chi connectivity index (χ1n) is 21.7. The third kappa shape index (κ3) is 13.3. The molecule has 3 heterocycles. The number of aryl methyl sites for hydroxylation is 1. The molecule has 0 saturated carbocycles. The second-order valence-corrected chi connectivity index (χ2v) is 18.1. The lowest BCUT2D eigenvalue weighted by Gasteiger charge is -2.35. The van der Waals surface area contributed by atoms with Gasteiger partial charge >= 0.3 is 0 Å². The first-order valence-corrected chi connectivity index (χ1v) is 22.6. The molecule has 6 rings (SSSR count). The Kier molecular flexibility index (Phi) is 17.5. The molecule has 1 aliphatic rings. The van der Waals surface area contributed by atoms with E-state index in [1.54, 1.807) is 61.3 Å². The van der Waals surface area contributed by atoms with Crippen LogP contribution in [0.25, 0.3) is 21.8 Å². The first-order chi connectivity index (χ1) is 32.5. The van der Waals surface area contributed by atoms with Crippen molar-refractivity contribution in [3.05, 3.63) is 124 Å². The largest absolute Gasteiger partial charge is 0.391 e. The van der Waals surface area contributed by atoms with E-state index < -0.39 is 83.7 Å². The number of carbonyl (C=O) groups is 4. The van der Waals surface area contributed by atoms with Crippen molar-refractivity contribution >= 4 is 35.0 Å². The molecule has 5 aromatic rings. The molecule has 4 unspecified atom stereocenters. The lowest BCUT2D eigenvalue weighted by atomic mass is 9.85. The zero-order valence-electron chi connectivity index (χ0n) is 37.9. The quantitative estimate of drug-likeness (QED) is 0.0360. The summed E-state index contributed by atoms with van der Waals surface area (Å²) in [5, 5.41) is 25.4. The second kappa shape index (κ2) is 23.2. The van der Waals surface area contributed by atoms with Crippen LogP contribution in [0.15, 0.2) is 90.7 Å². The number of ether oxygens (including phenoxy) is 3. The van der Waals surface area contributed by atoms with Gasteiger partial charge in [0.05, 0.1) is 60.1 Å². The van der Waals surface area contributed by atoms with Crippen molar-refractivity contribution in [2.45, 2.75) is 70.7 Å². The maximum absolute atomic E-state index is 15.0. The number of hydrogen-bond acceptors (Lipinski definition) is 13. The topological polar surface area (TPSA) is 214 Å². The maximum Gasteiger partial charge on any atom is 0.299 e. The number of β-amino-alcohol motifs (C(OH)–C–C–N with tert-alkyl or cyclic N) is 1. The summed E-state index contributed by atoms with van der Waals surface area (Å²) in [6, 6.07) is 17.5. The van der Waals surface area contributed by atoms with Crippen molar-refractivity contribution < 1.29 is 56.9 Å². The van der Waals surface area contributed by atoms with Crippen LogP contribution in [0.1, 0.15) is 61.1 Å². The predicted octanol–water partition coefficient (Wildman–Crippen LogP) is 5.30. The number of aliphatic hydroxyl groups is 1. The van der Waals surface area contributed by atoms with Crippen LogP contribution in [0, 0.1) is 18.2 Å². The van der Waals surface area contributed by atoms with Crippen LogP contribution in [-0.2, 0) is 45.9 Å². The second-order valence-electron chi connectivity index (χ2n) is 17.2. The first kappa shape index (κ1) is 51.2. The lowest BCUT2D eigenvalue weighted by Crippen LogP contribution is -2.58. The van der Waals surface area contributed by atoms with E-state index in [0.29, 0.717) is 11.1 Å². The lowest BCUT2D eigenvalue weighted by molar-refractivity contribution is -0.144. The average Bonchev–Trinajstić information content (AvgIpc) is 3.94. The molecule has 4 atom stereocenters. The van der Waals surface area contributed by atoms with Crippen molar-refractivity contribution in [2.75, 3.05) is 46.2 Å². The van der Waals surface area contributed by atoms with Crippen molar-refractivity contribution in [3.63, 3.8) is 0 Å². The van der Waals surface area contributed by atoms with Crippen molar-refractivity contribution in [1.82, 2.24) is 36.0 Å². The summed E-state index contributed by atoms with van der Waals surface area (Å²) in [4.78, 5) is 67.5. The van der Waals surface area contributed by atoms with Crippen molar-refractivity contribution in [3.8, 4) is 21.8 Å². The molecule has 1 fully saturated rings. The number of carbonyl (C=O) groups excluding carboxylic acids is 4. The highest BCUT2D eigenvalue weighted by atomic mass is 32.1. The molecule has 1 saturated heterocycles. The Labute approximate surface area is 395 Å². The number of amides is 4. The van der Waals surface area contributed by atoms with E-state index in [-0.39, 0.29) is 57.3 Å². The third-order valence-corrected chi connectivity index (χ3v) is 12.1. The number of hydroxylamine groups is 1. The molecule has 362 valence electrons. The summed E-state index contributed by atoms with van der Waals surface area (Å²) in [6.45, 7) is 5.77. The van der Waals surface area contributed by atoms with Gasteiger partial charge in [-0.15, -0.1) is 11.3 Å². The number of likely N-dealkylation sites (tertiary alicyclic amines) is 1. The molecule has 0 radical (unpaired) electrons. The number of rotatable bonds is 21. The molecule has 16 nitrogen and oxygen atoms in total. The predicted molar refractivity (Wildman–Crippen MR) is 244 cm³/mol. The Morgan fingerprint density at radius 3 is 2.16 bits per heavy atom. The molecular weight excluding hydrogens is 908 g/mol. The highest BCUT2D eigenvalue weighted by molar-refractivity contribution is 7.13. The van der Waals surface area contributed by atoms with Gasteiger partial charge in [-0.2, -0.15) is 8.78 Å². The van der Waals surface area contributed by atoms with Gasteiger partial charge in [-0.1, -0.05) is 87.5 Å². The number of thiazole rings is 1. The van der Waals surface area contributed by atoms with Gasteiger partial charge in [-0.25, -0.2) is 24.8 Å². The van der Waals surface area contributed by atoms with Gasteiger partial charge in [0.15, 0.2) is 5.82 Å². The summed E-state index contributed by atoms with van der Waals surface area (Å²) < 4.78 is 60.4. The summed E-state index contributed by atoms with van der Waals surface area (Å²) in [5.74, 6) is -7.47. The van der Waals surface area contributed by atoms with Crippen molar-refractivity contribution in [2.24, 2.45) is 5.41 Å². The average molecular weight is 962 g/mol. The number of nitrogens with one attached hydrogen (secondary N) is 3. The molecule has 2 aromatic heterocycles. The van der Waals surface area contributed by atoms with Gasteiger partial charge in [-0.05, 0) is 35.1 Å². The van der Waals surface area contributed by atoms with Crippen LogP contribution < -0.4 is 16.1 Å². The van der Waals surface area contributed by atoms with E-state index in [1.165, 1.54) is 35.2 Å². The molecule has 68 heavy (non-hydrogen) atoms. The van der Waals surface area contributed by atoms with E-state index in [0.717, 1.165) is 34.1 Å². The zero-order chi connectivity index (χ0) is 49.0. The van der Waals surface area contributed by atoms with E-state index in [4.69, 9.17) is 14.2 Å². The number of benzene rings is 3. The number of nitrogens with zero attached hydrogens (tertiary/aromatic N) is 4. The molecule has 20 heteroatoms. The summed E-state index contributed by atoms with van der Waals surface area (Å²) in [5.41, 5.74) is 5.76. The van der Waals surface area contributed by atoms with Crippen LogP contribution >= 0.6 is 11.3 Å². The monoisotopic (exact) mass is 961 g/mol. The van der Waals surface area contributed by atoms with E-state index in [2.05, 4.69) is 25.6 Å². The molecule has 3 aromatic carbocycles. The Morgan fingerprint density at radius 1 is 0.882 bits per heavy atom. The summed E-state index contributed by atoms with van der Waals surface area (Å²) >= 11 is 1.55. The number of aliphatic hydroxyl groups excluding tert-OH is 1.